The van der Waals surface area contributed by atoms with Crippen molar-refractivity contribution in [3.8, 4) is 11.4 Å². The van der Waals surface area contributed by atoms with Gasteiger partial charge in [-0.3, -0.25) is 14.5 Å². The number of esters is 1. The summed E-state index contributed by atoms with van der Waals surface area (Å²) in [4.78, 5) is 30.3. The van der Waals surface area contributed by atoms with Crippen LogP contribution in [0.5, 0.6) is 0 Å². The fourth-order valence-electron chi connectivity index (χ4n) is 3.27. The predicted molar refractivity (Wildman–Crippen MR) is 110 cm³/mol. The lowest BCUT2D eigenvalue weighted by Gasteiger charge is -2.15. The zero-order valence-electron chi connectivity index (χ0n) is 16.8. The van der Waals surface area contributed by atoms with Crippen molar-refractivity contribution < 1.29 is 18.8 Å². The van der Waals surface area contributed by atoms with E-state index in [2.05, 4.69) is 30.6 Å². The fraction of sp³-hybridized carbons (Fsp3) is 0.217. The molecule has 1 amide bonds. The summed E-state index contributed by atoms with van der Waals surface area (Å²) in [5.74, 6) is 0.192. The Morgan fingerprint density at radius 2 is 1.83 bits per heavy atom. The van der Waals surface area contributed by atoms with Crippen LogP contribution >= 0.6 is 0 Å². The molecule has 3 aromatic rings. The van der Waals surface area contributed by atoms with E-state index in [0.717, 1.165) is 11.1 Å². The number of aromatic nitrogens is 2. The molecule has 7 nitrogen and oxygen atoms in total. The van der Waals surface area contributed by atoms with Crippen molar-refractivity contribution >= 4 is 17.6 Å². The monoisotopic (exact) mass is 403 g/mol. The van der Waals surface area contributed by atoms with Crippen molar-refractivity contribution in [3.05, 3.63) is 77.7 Å². The Hall–Kier alpha value is -3.74. The minimum absolute atomic E-state index is 0.169. The molecule has 0 unspecified atom stereocenters. The molecule has 0 spiro atoms. The van der Waals surface area contributed by atoms with Gasteiger partial charge < -0.3 is 9.26 Å². The second kappa shape index (κ2) is 7.94. The van der Waals surface area contributed by atoms with Crippen LogP contribution in [0.3, 0.4) is 0 Å². The smallest absolute Gasteiger partial charge is 0.326 e. The lowest BCUT2D eigenvalue weighted by Crippen LogP contribution is -2.30. The van der Waals surface area contributed by atoms with Crippen molar-refractivity contribution in [3.63, 3.8) is 0 Å². The molecule has 2 heterocycles. The van der Waals surface area contributed by atoms with Gasteiger partial charge >= 0.3 is 5.97 Å². The molecule has 1 aromatic heterocycles. The lowest BCUT2D eigenvalue weighted by atomic mass is 10.0. The highest BCUT2D eigenvalue weighted by atomic mass is 16.6. The first-order valence-electron chi connectivity index (χ1n) is 9.62. The van der Waals surface area contributed by atoms with Crippen LogP contribution in [0.1, 0.15) is 47.1 Å². The predicted octanol–water partition coefficient (Wildman–Crippen LogP) is 4.03. The van der Waals surface area contributed by atoms with Crippen molar-refractivity contribution in [2.75, 3.05) is 6.54 Å². The Bertz CT molecular complexity index is 1080. The lowest BCUT2D eigenvalue weighted by molar-refractivity contribution is -0.145. The summed E-state index contributed by atoms with van der Waals surface area (Å²) in [6.07, 6.45) is 0. The molecule has 30 heavy (non-hydrogen) atoms. The molecule has 0 saturated carbocycles. The number of benzene rings is 2. The number of ether oxygens (including phenoxy) is 1. The first kappa shape index (κ1) is 19.6. The summed E-state index contributed by atoms with van der Waals surface area (Å²) in [6.45, 7) is 7.76. The summed E-state index contributed by atoms with van der Waals surface area (Å²) in [7, 11) is 0. The van der Waals surface area contributed by atoms with Crippen molar-refractivity contribution in [1.29, 1.82) is 0 Å². The van der Waals surface area contributed by atoms with Gasteiger partial charge in [-0.05, 0) is 17.5 Å². The fourth-order valence-corrected chi connectivity index (χ4v) is 3.27. The van der Waals surface area contributed by atoms with Crippen LogP contribution < -0.4 is 0 Å². The van der Waals surface area contributed by atoms with Gasteiger partial charge in [0.15, 0.2) is 6.61 Å². The number of fused-ring (bicyclic) bond motifs is 1. The van der Waals surface area contributed by atoms with Crippen LogP contribution in [0, 0.1) is 0 Å². The molecule has 152 valence electrons. The van der Waals surface area contributed by atoms with Gasteiger partial charge in [0.25, 0.3) is 11.8 Å². The van der Waals surface area contributed by atoms with Gasteiger partial charge in [0.1, 0.15) is 6.54 Å². The van der Waals surface area contributed by atoms with Crippen molar-refractivity contribution in [2.45, 2.75) is 26.4 Å². The largest absolute Gasteiger partial charge is 0.454 e. The molecule has 1 aliphatic rings. The third kappa shape index (κ3) is 3.74. The van der Waals surface area contributed by atoms with E-state index in [1.165, 1.54) is 10.5 Å². The van der Waals surface area contributed by atoms with E-state index in [9.17, 15) is 9.59 Å². The van der Waals surface area contributed by atoms with Crippen LogP contribution in [0.15, 0.2) is 59.6 Å². The van der Waals surface area contributed by atoms with Crippen LogP contribution in [0.25, 0.3) is 17.1 Å². The van der Waals surface area contributed by atoms with Gasteiger partial charge in [0, 0.05) is 22.4 Å². The van der Waals surface area contributed by atoms with Gasteiger partial charge in [0.05, 0.1) is 0 Å². The topological polar surface area (TPSA) is 85.5 Å². The van der Waals surface area contributed by atoms with E-state index < -0.39 is 5.97 Å². The molecule has 0 saturated heterocycles. The van der Waals surface area contributed by atoms with E-state index in [1.54, 1.807) is 18.2 Å². The van der Waals surface area contributed by atoms with Gasteiger partial charge in [0.2, 0.25) is 5.82 Å². The number of hydrogen-bond donors (Lipinski definition) is 0. The highest BCUT2D eigenvalue weighted by molar-refractivity contribution is 6.10. The van der Waals surface area contributed by atoms with Crippen molar-refractivity contribution in [1.82, 2.24) is 15.0 Å². The summed E-state index contributed by atoms with van der Waals surface area (Å²) < 4.78 is 10.4. The highest BCUT2D eigenvalue weighted by Crippen LogP contribution is 2.30. The van der Waals surface area contributed by atoms with E-state index in [1.807, 2.05) is 30.3 Å². The zero-order valence-corrected chi connectivity index (χ0v) is 16.8. The molecule has 0 N–H and O–H groups in total. The van der Waals surface area contributed by atoms with E-state index >= 15 is 0 Å². The Balaban J connectivity index is 1.35. The third-order valence-electron chi connectivity index (χ3n) is 4.99. The molecule has 2 aromatic carbocycles. The maximum absolute atomic E-state index is 12.5. The maximum Gasteiger partial charge on any atom is 0.326 e. The first-order chi connectivity index (χ1) is 14.4. The van der Waals surface area contributed by atoms with E-state index in [4.69, 9.17) is 9.26 Å². The van der Waals surface area contributed by atoms with Crippen LogP contribution in [-0.2, 0) is 16.1 Å². The average molecular weight is 403 g/mol. The summed E-state index contributed by atoms with van der Waals surface area (Å²) in [5, 5.41) is 3.94. The van der Waals surface area contributed by atoms with Gasteiger partial charge in [-0.1, -0.05) is 68.0 Å². The standard InChI is InChI=1S/C23H21N3O4/c1-14(2)16-8-10-17(11-9-16)22-24-20(30-25-22)13-29-21(27)12-26-15(3)18-6-4-5-7-19(18)23(26)28/h4-11,14H,3,12-13H2,1-2H3. The summed E-state index contributed by atoms with van der Waals surface area (Å²) >= 11 is 0. The minimum Gasteiger partial charge on any atom is -0.454 e. The van der Waals surface area contributed by atoms with E-state index in [0.29, 0.717) is 23.0 Å². The molecule has 0 aliphatic carbocycles. The summed E-state index contributed by atoms with van der Waals surface area (Å²) in [5.41, 5.74) is 3.77. The SMILES string of the molecule is C=C1c2ccccc2C(=O)N1CC(=O)OCc1nc(-c2ccc(C(C)C)cc2)no1. The molecule has 0 fully saturated rings. The molecule has 0 atom stereocenters. The Kier molecular flexibility index (Phi) is 5.18. The third-order valence-corrected chi connectivity index (χ3v) is 4.99. The van der Waals surface area contributed by atoms with Crippen LogP contribution in [0.4, 0.5) is 0 Å². The Morgan fingerprint density at radius 1 is 1.13 bits per heavy atom. The minimum atomic E-state index is -0.585. The number of hydrogen-bond acceptors (Lipinski definition) is 6. The number of carbonyl (C=O) groups is 2. The number of amides is 1. The molecule has 0 radical (unpaired) electrons. The highest BCUT2D eigenvalue weighted by Gasteiger charge is 2.32. The second-order valence-corrected chi connectivity index (χ2v) is 7.33. The number of carbonyl (C=O) groups excluding carboxylic acids is 2. The Morgan fingerprint density at radius 3 is 2.50 bits per heavy atom. The maximum atomic E-state index is 12.5. The quantitative estimate of drug-likeness (QED) is 0.578. The van der Waals surface area contributed by atoms with Crippen LogP contribution in [0.2, 0.25) is 0 Å². The zero-order chi connectivity index (χ0) is 21.3. The van der Waals surface area contributed by atoms with Gasteiger partial charge in [-0.25, -0.2) is 0 Å². The van der Waals surface area contributed by atoms with Crippen molar-refractivity contribution in [2.24, 2.45) is 0 Å². The first-order valence-corrected chi connectivity index (χ1v) is 9.62. The molecule has 1 aliphatic heterocycles. The van der Waals surface area contributed by atoms with Crippen LogP contribution in [-0.4, -0.2) is 33.5 Å². The molecule has 0 bridgehead atoms. The average Bonchev–Trinajstić information content (AvgIpc) is 3.32. The molecular formula is C23H21N3O4. The second-order valence-electron chi connectivity index (χ2n) is 7.33. The summed E-state index contributed by atoms with van der Waals surface area (Å²) in [6, 6.07) is 15.0. The Labute approximate surface area is 174 Å². The van der Waals surface area contributed by atoms with Gasteiger partial charge in [-0.15, -0.1) is 0 Å². The number of rotatable bonds is 6. The molecular weight excluding hydrogens is 382 g/mol. The number of nitrogens with zero attached hydrogens (tertiary/aromatic N) is 3. The molecule has 4 rings (SSSR count). The molecule has 7 heteroatoms. The van der Waals surface area contributed by atoms with Gasteiger partial charge in [-0.2, -0.15) is 4.98 Å². The van der Waals surface area contributed by atoms with E-state index in [-0.39, 0.29) is 24.9 Å². The normalized spacial score (nSPS) is 13.1.